The first kappa shape index (κ1) is 19.6. The van der Waals surface area contributed by atoms with E-state index in [0.717, 1.165) is 30.5 Å². The molecule has 3 aromatic rings. The zero-order valence-electron chi connectivity index (χ0n) is 16.0. The Balaban J connectivity index is 1.36. The lowest BCUT2D eigenvalue weighted by Gasteiger charge is -2.17. The molecule has 1 N–H and O–H groups in total. The van der Waals surface area contributed by atoms with Gasteiger partial charge in [-0.2, -0.15) is 9.94 Å². The summed E-state index contributed by atoms with van der Waals surface area (Å²) >= 11 is 2.98. The van der Waals surface area contributed by atoms with Crippen molar-refractivity contribution in [3.63, 3.8) is 0 Å². The fourth-order valence-electron chi connectivity index (χ4n) is 3.38. The number of carbonyl (C=O) groups is 1. The molecule has 9 heteroatoms. The number of carbonyl (C=O) groups excluding carboxylic acids is 1. The summed E-state index contributed by atoms with van der Waals surface area (Å²) in [6.07, 6.45) is 3.32. The lowest BCUT2D eigenvalue weighted by atomic mass is 9.89. The summed E-state index contributed by atoms with van der Waals surface area (Å²) < 4.78 is 1.66. The van der Waals surface area contributed by atoms with E-state index in [4.69, 9.17) is 0 Å². The molecular formula is C20H20N6OS2. The van der Waals surface area contributed by atoms with Gasteiger partial charge < -0.3 is 5.32 Å². The Bertz CT molecular complexity index is 1050. The van der Waals surface area contributed by atoms with Gasteiger partial charge in [0.2, 0.25) is 11.1 Å². The summed E-state index contributed by atoms with van der Waals surface area (Å²) in [6.45, 7) is 2.23. The van der Waals surface area contributed by atoms with Crippen LogP contribution in [0.25, 0.3) is 5.69 Å². The number of nitrogens with zero attached hydrogens (tertiary/aromatic N) is 5. The van der Waals surface area contributed by atoms with Crippen LogP contribution >= 0.6 is 23.1 Å². The van der Waals surface area contributed by atoms with Crippen LogP contribution in [0.2, 0.25) is 0 Å². The first-order chi connectivity index (χ1) is 14.2. The van der Waals surface area contributed by atoms with Crippen molar-refractivity contribution in [3.05, 3.63) is 46.3 Å². The smallest absolute Gasteiger partial charge is 0.225 e. The van der Waals surface area contributed by atoms with Crippen LogP contribution in [0.5, 0.6) is 0 Å². The number of benzene rings is 1. The van der Waals surface area contributed by atoms with Gasteiger partial charge in [-0.15, -0.1) is 16.4 Å². The standard InChI is InChI=1S/C20H20N6OS2/c1-13-7-8-15-16(12-21)19(29-17(15)11-13)22-18(27)9-10-28-20-23-24-25-26(20)14-5-3-2-4-6-14/h2-6,13H,7-11H2,1H3,(H,22,27). The highest BCUT2D eigenvalue weighted by Crippen LogP contribution is 2.39. The Morgan fingerprint density at radius 2 is 2.24 bits per heavy atom. The van der Waals surface area contributed by atoms with Crippen molar-refractivity contribution in [1.82, 2.24) is 20.2 Å². The maximum atomic E-state index is 12.5. The Morgan fingerprint density at radius 3 is 3.03 bits per heavy atom. The molecule has 148 valence electrons. The van der Waals surface area contributed by atoms with Gasteiger partial charge in [-0.05, 0) is 53.3 Å². The van der Waals surface area contributed by atoms with Crippen LogP contribution in [-0.4, -0.2) is 31.9 Å². The van der Waals surface area contributed by atoms with E-state index in [1.807, 2.05) is 30.3 Å². The zero-order chi connectivity index (χ0) is 20.2. The topological polar surface area (TPSA) is 96.5 Å². The molecule has 29 heavy (non-hydrogen) atoms. The van der Waals surface area contributed by atoms with Crippen LogP contribution in [0.15, 0.2) is 35.5 Å². The van der Waals surface area contributed by atoms with Crippen molar-refractivity contribution >= 4 is 34.0 Å². The van der Waals surface area contributed by atoms with Gasteiger partial charge in [-0.1, -0.05) is 36.9 Å². The fraction of sp³-hybridized carbons (Fsp3) is 0.350. The van der Waals surface area contributed by atoms with E-state index in [9.17, 15) is 10.1 Å². The fourth-order valence-corrected chi connectivity index (χ4v) is 5.59. The highest BCUT2D eigenvalue weighted by Gasteiger charge is 2.24. The predicted molar refractivity (Wildman–Crippen MR) is 113 cm³/mol. The summed E-state index contributed by atoms with van der Waals surface area (Å²) in [4.78, 5) is 13.7. The van der Waals surface area contributed by atoms with Crippen molar-refractivity contribution in [1.29, 1.82) is 5.26 Å². The number of para-hydroxylation sites is 1. The van der Waals surface area contributed by atoms with E-state index in [0.29, 0.717) is 33.8 Å². The molecule has 1 aliphatic carbocycles. The van der Waals surface area contributed by atoms with E-state index < -0.39 is 0 Å². The number of nitrogens with one attached hydrogen (secondary N) is 1. The van der Waals surface area contributed by atoms with Crippen molar-refractivity contribution in [3.8, 4) is 11.8 Å². The van der Waals surface area contributed by atoms with Crippen molar-refractivity contribution in [2.45, 2.75) is 37.8 Å². The summed E-state index contributed by atoms with van der Waals surface area (Å²) in [7, 11) is 0. The molecule has 1 aliphatic rings. The minimum Gasteiger partial charge on any atom is -0.317 e. The van der Waals surface area contributed by atoms with Crippen LogP contribution in [0, 0.1) is 17.2 Å². The van der Waals surface area contributed by atoms with Crippen molar-refractivity contribution in [2.75, 3.05) is 11.1 Å². The monoisotopic (exact) mass is 424 g/mol. The third kappa shape index (κ3) is 4.33. The SMILES string of the molecule is CC1CCc2c(sc(NC(=O)CCSc3nnnn3-c3ccccc3)c2C#N)C1. The van der Waals surface area contributed by atoms with Crippen LogP contribution in [-0.2, 0) is 17.6 Å². The average Bonchev–Trinajstić information content (AvgIpc) is 3.32. The molecule has 0 radical (unpaired) electrons. The number of hydrogen-bond acceptors (Lipinski definition) is 7. The van der Waals surface area contributed by atoms with E-state index >= 15 is 0 Å². The Morgan fingerprint density at radius 1 is 1.41 bits per heavy atom. The molecule has 0 fully saturated rings. The maximum Gasteiger partial charge on any atom is 0.225 e. The highest BCUT2D eigenvalue weighted by atomic mass is 32.2. The minimum atomic E-state index is -0.0978. The number of thiophene rings is 1. The molecular weight excluding hydrogens is 404 g/mol. The van der Waals surface area contributed by atoms with Gasteiger partial charge in [0.15, 0.2) is 0 Å². The van der Waals surface area contributed by atoms with Crippen LogP contribution in [0.3, 0.4) is 0 Å². The van der Waals surface area contributed by atoms with E-state index in [1.165, 1.54) is 16.6 Å². The van der Waals surface area contributed by atoms with Gasteiger partial charge in [-0.3, -0.25) is 4.79 Å². The van der Waals surface area contributed by atoms with Crippen LogP contribution < -0.4 is 5.32 Å². The molecule has 1 atom stereocenters. The lowest BCUT2D eigenvalue weighted by molar-refractivity contribution is -0.115. The second kappa shape index (κ2) is 8.76. The minimum absolute atomic E-state index is 0.0978. The van der Waals surface area contributed by atoms with Crippen molar-refractivity contribution in [2.24, 2.45) is 5.92 Å². The molecule has 0 aliphatic heterocycles. The number of amides is 1. The summed E-state index contributed by atoms with van der Waals surface area (Å²) in [5, 5.41) is 25.6. The van der Waals surface area contributed by atoms with E-state index in [-0.39, 0.29) is 5.91 Å². The molecule has 0 saturated heterocycles. The number of aromatic nitrogens is 4. The average molecular weight is 425 g/mol. The van der Waals surface area contributed by atoms with Gasteiger partial charge in [0.25, 0.3) is 0 Å². The Labute approximate surface area is 177 Å². The molecule has 0 bridgehead atoms. The summed E-state index contributed by atoms with van der Waals surface area (Å²) in [5.41, 5.74) is 2.65. The number of rotatable bonds is 6. The first-order valence-corrected chi connectivity index (χ1v) is 11.3. The van der Waals surface area contributed by atoms with E-state index in [2.05, 4.69) is 33.8 Å². The zero-order valence-corrected chi connectivity index (χ0v) is 17.6. The molecule has 7 nitrogen and oxygen atoms in total. The predicted octanol–water partition coefficient (Wildman–Crippen LogP) is 3.84. The third-order valence-corrected chi connectivity index (χ3v) is 6.97. The van der Waals surface area contributed by atoms with Gasteiger partial charge in [-0.25, -0.2) is 0 Å². The van der Waals surface area contributed by atoms with Crippen LogP contribution in [0.4, 0.5) is 5.00 Å². The largest absolute Gasteiger partial charge is 0.317 e. The quantitative estimate of drug-likeness (QED) is 0.604. The van der Waals surface area contributed by atoms with Gasteiger partial charge in [0, 0.05) is 17.1 Å². The molecule has 1 unspecified atom stereocenters. The number of anilines is 1. The van der Waals surface area contributed by atoms with Crippen molar-refractivity contribution < 1.29 is 4.79 Å². The normalized spacial score (nSPS) is 15.5. The second-order valence-corrected chi connectivity index (χ2v) is 9.19. The number of hydrogen-bond donors (Lipinski definition) is 1. The number of thioether (sulfide) groups is 1. The lowest BCUT2D eigenvalue weighted by Crippen LogP contribution is -2.12. The Kier molecular flexibility index (Phi) is 5.92. The first-order valence-electron chi connectivity index (χ1n) is 9.46. The van der Waals surface area contributed by atoms with E-state index in [1.54, 1.807) is 16.0 Å². The van der Waals surface area contributed by atoms with Crippen LogP contribution in [0.1, 0.15) is 35.8 Å². The van der Waals surface area contributed by atoms with Gasteiger partial charge >= 0.3 is 0 Å². The third-order valence-electron chi connectivity index (χ3n) is 4.88. The molecule has 2 aromatic heterocycles. The molecule has 1 amide bonds. The van der Waals surface area contributed by atoms with Gasteiger partial charge in [0.05, 0.1) is 11.3 Å². The molecule has 4 rings (SSSR count). The summed E-state index contributed by atoms with van der Waals surface area (Å²) in [5.74, 6) is 1.07. The molecule has 1 aromatic carbocycles. The molecule has 0 saturated carbocycles. The van der Waals surface area contributed by atoms with Gasteiger partial charge in [0.1, 0.15) is 11.1 Å². The number of fused-ring (bicyclic) bond motifs is 1. The number of nitriles is 1. The Hall–Kier alpha value is -2.70. The summed E-state index contributed by atoms with van der Waals surface area (Å²) in [6, 6.07) is 11.9. The molecule has 0 spiro atoms. The maximum absolute atomic E-state index is 12.5. The second-order valence-electron chi connectivity index (χ2n) is 7.02. The number of tetrazole rings is 1. The molecule has 2 heterocycles. The highest BCUT2D eigenvalue weighted by molar-refractivity contribution is 7.99.